The van der Waals surface area contributed by atoms with E-state index in [0.29, 0.717) is 0 Å². The maximum atomic E-state index is 12.0. The van der Waals surface area contributed by atoms with Crippen molar-refractivity contribution in [2.45, 2.75) is 27.7 Å². The van der Waals surface area contributed by atoms with Crippen LogP contribution in [0.2, 0.25) is 0 Å². The number of para-hydroxylation sites is 1. The minimum Gasteiger partial charge on any atom is -0.376 e. The first-order chi connectivity index (χ1) is 12.5. The summed E-state index contributed by atoms with van der Waals surface area (Å²) in [5, 5.41) is 8.38. The van der Waals surface area contributed by atoms with Gasteiger partial charge in [-0.2, -0.15) is 5.10 Å². The number of amides is 1. The number of hydrazone groups is 1. The van der Waals surface area contributed by atoms with Crippen molar-refractivity contribution in [2.75, 3.05) is 11.9 Å². The Kier molecular flexibility index (Phi) is 5.27. The average Bonchev–Trinajstić information content (AvgIpc) is 2.95. The van der Waals surface area contributed by atoms with Crippen LogP contribution < -0.4 is 10.7 Å². The predicted octanol–water partition coefficient (Wildman–Crippen LogP) is 3.57. The van der Waals surface area contributed by atoms with Gasteiger partial charge < -0.3 is 5.32 Å². The molecule has 3 aromatic rings. The van der Waals surface area contributed by atoms with E-state index in [0.717, 1.165) is 43.6 Å². The van der Waals surface area contributed by atoms with E-state index >= 15 is 0 Å². The summed E-state index contributed by atoms with van der Waals surface area (Å²) in [5.74, 6) is 0.566. The van der Waals surface area contributed by atoms with Crippen LogP contribution in [0.15, 0.2) is 35.4 Å². The molecule has 3 rings (SSSR count). The molecular weight excluding hydrogens is 346 g/mol. The second kappa shape index (κ2) is 7.61. The number of thiophene rings is 1. The Morgan fingerprint density at radius 1 is 1.15 bits per heavy atom. The molecule has 134 valence electrons. The number of nitrogens with zero attached hydrogens (tertiary/aromatic N) is 3. The van der Waals surface area contributed by atoms with E-state index in [9.17, 15) is 4.79 Å². The number of rotatable bonds is 5. The number of hydrogen-bond donors (Lipinski definition) is 2. The van der Waals surface area contributed by atoms with E-state index in [1.807, 2.05) is 58.0 Å². The molecule has 0 aliphatic rings. The summed E-state index contributed by atoms with van der Waals surface area (Å²) in [6.45, 7) is 7.97. The fourth-order valence-corrected chi connectivity index (χ4v) is 4.02. The van der Waals surface area contributed by atoms with Crippen LogP contribution in [0.3, 0.4) is 0 Å². The molecule has 1 aromatic carbocycles. The third-order valence-corrected chi connectivity index (χ3v) is 5.28. The lowest BCUT2D eigenvalue weighted by Crippen LogP contribution is -2.26. The molecule has 0 aliphatic carbocycles. The Hall–Kier alpha value is -2.80. The topological polar surface area (TPSA) is 79.3 Å². The van der Waals surface area contributed by atoms with Crippen molar-refractivity contribution in [1.82, 2.24) is 15.4 Å². The molecule has 0 spiro atoms. The molecule has 7 heteroatoms. The van der Waals surface area contributed by atoms with Crippen LogP contribution in [-0.2, 0) is 4.79 Å². The van der Waals surface area contributed by atoms with Crippen LogP contribution >= 0.6 is 11.3 Å². The second-order valence-corrected chi connectivity index (χ2v) is 7.04. The fraction of sp³-hybridized carbons (Fsp3) is 0.263. The van der Waals surface area contributed by atoms with Crippen molar-refractivity contribution in [3.63, 3.8) is 0 Å². The highest BCUT2D eigenvalue weighted by molar-refractivity contribution is 7.20. The number of benzene rings is 1. The van der Waals surface area contributed by atoms with Gasteiger partial charge >= 0.3 is 0 Å². The molecule has 2 aromatic heterocycles. The van der Waals surface area contributed by atoms with Crippen LogP contribution in [0.1, 0.15) is 28.9 Å². The molecule has 0 atom stereocenters. The molecule has 2 heterocycles. The Bertz CT molecular complexity index is 979. The molecule has 26 heavy (non-hydrogen) atoms. The van der Waals surface area contributed by atoms with Crippen molar-refractivity contribution in [1.29, 1.82) is 0 Å². The number of carbonyl (C=O) groups excluding carboxylic acids is 1. The van der Waals surface area contributed by atoms with E-state index in [2.05, 4.69) is 25.8 Å². The van der Waals surface area contributed by atoms with Crippen LogP contribution in [0.25, 0.3) is 10.2 Å². The quantitative estimate of drug-likeness (QED) is 0.534. The number of anilines is 1. The van der Waals surface area contributed by atoms with Crippen molar-refractivity contribution in [3.8, 4) is 0 Å². The van der Waals surface area contributed by atoms with E-state index in [1.54, 1.807) is 11.3 Å². The molecule has 0 fully saturated rings. The van der Waals surface area contributed by atoms with Crippen LogP contribution in [0.4, 0.5) is 5.69 Å². The zero-order valence-corrected chi connectivity index (χ0v) is 16.1. The Labute approximate surface area is 156 Å². The Balaban J connectivity index is 1.71. The third-order valence-electron chi connectivity index (χ3n) is 3.99. The number of nitrogens with one attached hydrogen (secondary N) is 2. The van der Waals surface area contributed by atoms with E-state index in [-0.39, 0.29) is 12.5 Å². The molecular formula is C19H21N5OS. The standard InChI is InChI=1S/C19H21N5OS/c1-11-17-12(2)21-14(4)22-19(17)26-18(11)13(3)23-24-16(25)10-20-15-8-6-5-7-9-15/h5-9,20H,10H2,1-4H3,(H,24,25). The number of carbonyl (C=O) groups is 1. The largest absolute Gasteiger partial charge is 0.376 e. The van der Waals surface area contributed by atoms with Crippen molar-refractivity contribution in [2.24, 2.45) is 5.10 Å². The highest BCUT2D eigenvalue weighted by Crippen LogP contribution is 2.31. The van der Waals surface area contributed by atoms with Crippen LogP contribution in [-0.4, -0.2) is 28.1 Å². The maximum Gasteiger partial charge on any atom is 0.259 e. The lowest BCUT2D eigenvalue weighted by atomic mass is 10.1. The number of aryl methyl sites for hydroxylation is 3. The van der Waals surface area contributed by atoms with Crippen molar-refractivity contribution in [3.05, 3.63) is 52.3 Å². The van der Waals surface area contributed by atoms with Gasteiger partial charge in [-0.3, -0.25) is 4.79 Å². The van der Waals surface area contributed by atoms with Gasteiger partial charge in [0.1, 0.15) is 10.7 Å². The SMILES string of the molecule is CC(=NNC(=O)CNc1ccccc1)c1sc2nc(C)nc(C)c2c1C. The zero-order chi connectivity index (χ0) is 18.7. The summed E-state index contributed by atoms with van der Waals surface area (Å²) >= 11 is 1.57. The summed E-state index contributed by atoms with van der Waals surface area (Å²) in [6, 6.07) is 9.58. The van der Waals surface area contributed by atoms with Gasteiger partial charge in [0, 0.05) is 16.8 Å². The van der Waals surface area contributed by atoms with Crippen molar-refractivity contribution >= 4 is 38.9 Å². The summed E-state index contributed by atoms with van der Waals surface area (Å²) < 4.78 is 0. The molecule has 0 aliphatic heterocycles. The van der Waals surface area contributed by atoms with Gasteiger partial charge in [0.05, 0.1) is 17.1 Å². The highest BCUT2D eigenvalue weighted by Gasteiger charge is 2.15. The first-order valence-corrected chi connectivity index (χ1v) is 9.14. The normalized spacial score (nSPS) is 11.6. The Morgan fingerprint density at radius 2 is 1.88 bits per heavy atom. The van der Waals surface area contributed by atoms with Gasteiger partial charge in [0.15, 0.2) is 0 Å². The number of aromatic nitrogens is 2. The monoisotopic (exact) mass is 367 g/mol. The molecule has 2 N–H and O–H groups in total. The first-order valence-electron chi connectivity index (χ1n) is 8.32. The molecule has 0 bridgehead atoms. The second-order valence-electron chi connectivity index (χ2n) is 6.04. The maximum absolute atomic E-state index is 12.0. The van der Waals surface area contributed by atoms with Gasteiger partial charge in [-0.05, 0) is 45.4 Å². The van der Waals surface area contributed by atoms with Gasteiger partial charge in [-0.15, -0.1) is 11.3 Å². The summed E-state index contributed by atoms with van der Waals surface area (Å²) in [4.78, 5) is 22.9. The van der Waals surface area contributed by atoms with Crippen LogP contribution in [0.5, 0.6) is 0 Å². The van der Waals surface area contributed by atoms with Gasteiger partial charge in [-0.1, -0.05) is 18.2 Å². The predicted molar refractivity (Wildman–Crippen MR) is 107 cm³/mol. The Morgan fingerprint density at radius 3 is 2.62 bits per heavy atom. The minimum atomic E-state index is -0.196. The smallest absolute Gasteiger partial charge is 0.259 e. The summed E-state index contributed by atoms with van der Waals surface area (Å²) in [6.07, 6.45) is 0. The molecule has 0 saturated heterocycles. The van der Waals surface area contributed by atoms with Gasteiger partial charge in [0.25, 0.3) is 5.91 Å². The van der Waals surface area contributed by atoms with Gasteiger partial charge in [-0.25, -0.2) is 15.4 Å². The average molecular weight is 367 g/mol. The van der Waals surface area contributed by atoms with Gasteiger partial charge in [0.2, 0.25) is 0 Å². The van der Waals surface area contributed by atoms with E-state index in [1.165, 1.54) is 0 Å². The molecule has 0 unspecified atom stereocenters. The summed E-state index contributed by atoms with van der Waals surface area (Å²) in [5.41, 5.74) is 6.33. The summed E-state index contributed by atoms with van der Waals surface area (Å²) in [7, 11) is 0. The zero-order valence-electron chi connectivity index (χ0n) is 15.3. The molecule has 0 radical (unpaired) electrons. The fourth-order valence-electron chi connectivity index (χ4n) is 2.79. The highest BCUT2D eigenvalue weighted by atomic mass is 32.1. The third kappa shape index (κ3) is 3.88. The first kappa shape index (κ1) is 18.0. The molecule has 1 amide bonds. The van der Waals surface area contributed by atoms with E-state index in [4.69, 9.17) is 0 Å². The van der Waals surface area contributed by atoms with E-state index < -0.39 is 0 Å². The molecule has 6 nitrogen and oxygen atoms in total. The number of fused-ring (bicyclic) bond motifs is 1. The van der Waals surface area contributed by atoms with Crippen molar-refractivity contribution < 1.29 is 4.79 Å². The number of hydrogen-bond acceptors (Lipinski definition) is 6. The minimum absolute atomic E-state index is 0.163. The molecule has 0 saturated carbocycles. The lowest BCUT2D eigenvalue weighted by molar-refractivity contribution is -0.119. The van der Waals surface area contributed by atoms with Crippen LogP contribution in [0, 0.1) is 20.8 Å². The lowest BCUT2D eigenvalue weighted by Gasteiger charge is -2.05.